The van der Waals surface area contributed by atoms with Crippen molar-refractivity contribution in [1.29, 1.82) is 0 Å². The minimum Gasteiger partial charge on any atom is -0.330 e. The Morgan fingerprint density at radius 3 is 2.48 bits per heavy atom. The largest absolute Gasteiger partial charge is 0.330 e. The molecule has 0 radical (unpaired) electrons. The number of aryl methyl sites for hydroxylation is 2. The molecule has 1 N–H and O–H groups in total. The van der Waals surface area contributed by atoms with Crippen molar-refractivity contribution in [2.45, 2.75) is 20.8 Å². The van der Waals surface area contributed by atoms with Crippen LogP contribution in [0.3, 0.4) is 0 Å². The van der Waals surface area contributed by atoms with Crippen molar-refractivity contribution < 1.29 is 14.5 Å². The molecule has 2 aromatic rings. The van der Waals surface area contributed by atoms with Gasteiger partial charge >= 0.3 is 0 Å². The van der Waals surface area contributed by atoms with Crippen LogP contribution in [0.2, 0.25) is 0 Å². The third kappa shape index (κ3) is 5.71. The lowest BCUT2D eigenvalue weighted by molar-refractivity contribution is -0.384. The highest BCUT2D eigenvalue weighted by Gasteiger charge is 2.15. The number of carbonyl (C=O) groups is 2. The molecule has 0 atom stereocenters. The van der Waals surface area contributed by atoms with Crippen LogP contribution < -0.4 is 5.32 Å². The normalized spacial score (nSPS) is 10.8. The fourth-order valence-electron chi connectivity index (χ4n) is 2.18. The molecule has 8 nitrogen and oxygen atoms in total. The first-order chi connectivity index (χ1) is 12.8. The Bertz CT molecular complexity index is 854. The van der Waals surface area contributed by atoms with Crippen LogP contribution in [0.5, 0.6) is 0 Å². The fourth-order valence-corrected chi connectivity index (χ4v) is 3.01. The van der Waals surface area contributed by atoms with E-state index in [9.17, 15) is 19.7 Å². The van der Waals surface area contributed by atoms with Crippen LogP contribution in [0, 0.1) is 24.0 Å². The van der Waals surface area contributed by atoms with E-state index < -0.39 is 4.92 Å². The molecule has 0 saturated carbocycles. The van der Waals surface area contributed by atoms with Crippen LogP contribution in [0.15, 0.2) is 30.3 Å². The molecule has 1 heterocycles. The second-order valence-electron chi connectivity index (χ2n) is 5.74. The van der Waals surface area contributed by atoms with E-state index in [0.29, 0.717) is 17.2 Å². The van der Waals surface area contributed by atoms with Gasteiger partial charge in [0.1, 0.15) is 6.54 Å². The third-order valence-electron chi connectivity index (χ3n) is 3.83. The zero-order valence-electron chi connectivity index (χ0n) is 15.3. The highest BCUT2D eigenvalue weighted by molar-refractivity contribution is 7.15. The maximum Gasteiger partial charge on any atom is 0.269 e. The molecular weight excluding hydrogens is 368 g/mol. The molecule has 1 aromatic carbocycles. The molecule has 2 amide bonds. The van der Waals surface area contributed by atoms with Gasteiger partial charge in [0.25, 0.3) is 5.69 Å². The molecule has 0 fully saturated rings. The predicted molar refractivity (Wildman–Crippen MR) is 105 cm³/mol. The van der Waals surface area contributed by atoms with Gasteiger partial charge in [-0.25, -0.2) is 4.98 Å². The Labute approximate surface area is 160 Å². The summed E-state index contributed by atoms with van der Waals surface area (Å²) in [5.74, 6) is -0.639. The van der Waals surface area contributed by atoms with Crippen LogP contribution in [-0.4, -0.2) is 39.7 Å². The molecule has 0 aliphatic carbocycles. The van der Waals surface area contributed by atoms with E-state index in [4.69, 9.17) is 0 Å². The lowest BCUT2D eigenvalue weighted by atomic mass is 10.2. The number of amides is 2. The fraction of sp³-hybridized carbons (Fsp3) is 0.278. The van der Waals surface area contributed by atoms with Crippen LogP contribution in [0.25, 0.3) is 6.08 Å². The Morgan fingerprint density at radius 1 is 1.30 bits per heavy atom. The van der Waals surface area contributed by atoms with Crippen LogP contribution in [-0.2, 0) is 9.59 Å². The van der Waals surface area contributed by atoms with E-state index >= 15 is 0 Å². The van der Waals surface area contributed by atoms with Gasteiger partial charge in [-0.1, -0.05) is 0 Å². The number of aromatic nitrogens is 1. The van der Waals surface area contributed by atoms with Gasteiger partial charge in [-0.05, 0) is 44.5 Å². The summed E-state index contributed by atoms with van der Waals surface area (Å²) in [4.78, 5) is 41.3. The van der Waals surface area contributed by atoms with Crippen LogP contribution >= 0.6 is 11.3 Å². The summed E-state index contributed by atoms with van der Waals surface area (Å²) in [6.45, 7) is 5.85. The highest BCUT2D eigenvalue weighted by Crippen LogP contribution is 2.21. The first-order valence-corrected chi connectivity index (χ1v) is 9.07. The van der Waals surface area contributed by atoms with Crippen molar-refractivity contribution in [2.75, 3.05) is 18.4 Å². The number of nitro benzene ring substituents is 1. The van der Waals surface area contributed by atoms with E-state index in [0.717, 1.165) is 10.6 Å². The molecule has 0 bridgehead atoms. The average Bonchev–Trinajstić information content (AvgIpc) is 2.95. The van der Waals surface area contributed by atoms with Gasteiger partial charge in [-0.3, -0.25) is 19.7 Å². The molecular formula is C18H20N4O4S. The number of rotatable bonds is 7. The summed E-state index contributed by atoms with van der Waals surface area (Å²) in [6.07, 6.45) is 2.90. The lowest BCUT2D eigenvalue weighted by Gasteiger charge is -2.18. The standard InChI is InChI=1S/C18H20N4O4S/c1-4-21(11-16(23)20-18-19-12(2)13(3)27-18)17(24)10-7-14-5-8-15(9-6-14)22(25)26/h5-10H,4,11H2,1-3H3,(H,19,20,23)/b10-7+. The Morgan fingerprint density at radius 2 is 1.96 bits per heavy atom. The van der Waals surface area contributed by atoms with Crippen molar-refractivity contribution in [2.24, 2.45) is 0 Å². The van der Waals surface area contributed by atoms with E-state index in [1.165, 1.54) is 34.4 Å². The first kappa shape index (κ1) is 20.2. The van der Waals surface area contributed by atoms with Gasteiger partial charge in [0, 0.05) is 29.6 Å². The van der Waals surface area contributed by atoms with E-state index in [1.54, 1.807) is 25.1 Å². The molecule has 142 valence electrons. The number of hydrogen-bond acceptors (Lipinski definition) is 6. The number of anilines is 1. The van der Waals surface area contributed by atoms with Gasteiger partial charge in [-0.15, -0.1) is 11.3 Å². The maximum absolute atomic E-state index is 12.3. The maximum atomic E-state index is 12.3. The van der Waals surface area contributed by atoms with Crippen molar-refractivity contribution in [3.8, 4) is 0 Å². The summed E-state index contributed by atoms with van der Waals surface area (Å²) in [7, 11) is 0. The average molecular weight is 388 g/mol. The van der Waals surface area contributed by atoms with Crippen molar-refractivity contribution in [3.63, 3.8) is 0 Å². The smallest absolute Gasteiger partial charge is 0.269 e. The number of benzene rings is 1. The number of likely N-dealkylation sites (N-methyl/N-ethyl adjacent to an activating group) is 1. The monoisotopic (exact) mass is 388 g/mol. The van der Waals surface area contributed by atoms with Gasteiger partial charge < -0.3 is 10.2 Å². The van der Waals surface area contributed by atoms with E-state index in [-0.39, 0.29) is 24.0 Å². The molecule has 0 spiro atoms. The molecule has 1 aromatic heterocycles. The van der Waals surface area contributed by atoms with Gasteiger partial charge in [0.05, 0.1) is 10.6 Å². The molecule has 2 rings (SSSR count). The molecule has 0 unspecified atom stereocenters. The zero-order chi connectivity index (χ0) is 20.0. The molecule has 0 aliphatic rings. The van der Waals surface area contributed by atoms with Crippen LogP contribution in [0.1, 0.15) is 23.1 Å². The van der Waals surface area contributed by atoms with Gasteiger partial charge in [0.15, 0.2) is 5.13 Å². The SMILES string of the molecule is CCN(CC(=O)Nc1nc(C)c(C)s1)C(=O)/C=C/c1ccc([N+](=O)[O-])cc1. The highest BCUT2D eigenvalue weighted by atomic mass is 32.1. The quantitative estimate of drug-likeness (QED) is 0.445. The zero-order valence-corrected chi connectivity index (χ0v) is 16.1. The number of carbonyl (C=O) groups excluding carboxylic acids is 2. The second kappa shape index (κ2) is 9.04. The van der Waals surface area contributed by atoms with Crippen molar-refractivity contribution >= 4 is 40.0 Å². The first-order valence-electron chi connectivity index (χ1n) is 8.25. The summed E-state index contributed by atoms with van der Waals surface area (Å²) in [6, 6.07) is 5.84. The summed E-state index contributed by atoms with van der Waals surface area (Å²) in [5.41, 5.74) is 1.51. The van der Waals surface area contributed by atoms with E-state index in [2.05, 4.69) is 10.3 Å². The Balaban J connectivity index is 1.95. The molecule has 0 aliphatic heterocycles. The Hall–Kier alpha value is -3.07. The summed E-state index contributed by atoms with van der Waals surface area (Å²) >= 11 is 1.39. The van der Waals surface area contributed by atoms with Gasteiger partial charge in [-0.2, -0.15) is 0 Å². The lowest BCUT2D eigenvalue weighted by Crippen LogP contribution is -2.36. The van der Waals surface area contributed by atoms with Crippen molar-refractivity contribution in [1.82, 2.24) is 9.88 Å². The number of non-ortho nitro benzene ring substituents is 1. The number of thiazole rings is 1. The number of nitro groups is 1. The second-order valence-corrected chi connectivity index (χ2v) is 6.95. The number of nitrogens with zero attached hydrogens (tertiary/aromatic N) is 3. The third-order valence-corrected chi connectivity index (χ3v) is 4.81. The molecule has 0 saturated heterocycles. The predicted octanol–water partition coefficient (Wildman–Crippen LogP) is 3.17. The summed E-state index contributed by atoms with van der Waals surface area (Å²) < 4.78 is 0. The Kier molecular flexibility index (Phi) is 6.78. The van der Waals surface area contributed by atoms with Gasteiger partial charge in [0.2, 0.25) is 11.8 Å². The van der Waals surface area contributed by atoms with Crippen molar-refractivity contribution in [3.05, 3.63) is 56.6 Å². The topological polar surface area (TPSA) is 105 Å². The minimum atomic E-state index is -0.485. The molecule has 27 heavy (non-hydrogen) atoms. The van der Waals surface area contributed by atoms with Crippen LogP contribution in [0.4, 0.5) is 10.8 Å². The summed E-state index contributed by atoms with van der Waals surface area (Å²) in [5, 5.41) is 13.9. The minimum absolute atomic E-state index is 0.0157. The molecule has 9 heteroatoms. The van der Waals surface area contributed by atoms with E-state index in [1.807, 2.05) is 13.8 Å². The number of nitrogens with one attached hydrogen (secondary N) is 1. The number of hydrogen-bond donors (Lipinski definition) is 1.